The lowest BCUT2D eigenvalue weighted by atomic mass is 9.88. The third-order valence-electron chi connectivity index (χ3n) is 8.16. The summed E-state index contributed by atoms with van der Waals surface area (Å²) in [6.07, 6.45) is 8.75. The number of pyridine rings is 2. The summed E-state index contributed by atoms with van der Waals surface area (Å²) in [5.41, 5.74) is 1.33. The van der Waals surface area contributed by atoms with Crippen molar-refractivity contribution in [1.29, 1.82) is 0 Å². The van der Waals surface area contributed by atoms with Gasteiger partial charge in [-0.15, -0.1) is 0 Å². The number of likely N-dealkylation sites (tertiary alicyclic amines) is 1. The van der Waals surface area contributed by atoms with E-state index in [0.29, 0.717) is 23.1 Å². The quantitative estimate of drug-likeness (QED) is 0.390. The van der Waals surface area contributed by atoms with Crippen molar-refractivity contribution in [2.24, 2.45) is 0 Å². The number of carbonyl (C=O) groups is 3. The minimum atomic E-state index is -0.467. The van der Waals surface area contributed by atoms with Gasteiger partial charge in [-0.3, -0.25) is 19.8 Å². The van der Waals surface area contributed by atoms with Gasteiger partial charge in [-0.2, -0.15) is 0 Å². The Morgan fingerprint density at radius 1 is 0.878 bits per heavy atom. The van der Waals surface area contributed by atoms with E-state index in [0.717, 1.165) is 62.9 Å². The molecule has 2 aromatic heterocycles. The third kappa shape index (κ3) is 5.13. The minimum Gasteiger partial charge on any atom is -0.456 e. The first-order valence-electron chi connectivity index (χ1n) is 14.0. The largest absolute Gasteiger partial charge is 0.456 e. The number of anilines is 3. The fourth-order valence-electron chi connectivity index (χ4n) is 6.12. The Hall–Kier alpha value is -4.73. The molecular weight excluding hydrogens is 520 g/mol. The number of aromatic nitrogens is 2. The van der Waals surface area contributed by atoms with Crippen LogP contribution in [0.25, 0.3) is 0 Å². The molecule has 41 heavy (non-hydrogen) atoms. The summed E-state index contributed by atoms with van der Waals surface area (Å²) in [5, 5.41) is 5.60. The van der Waals surface area contributed by atoms with Crippen LogP contribution in [-0.4, -0.2) is 51.3 Å². The fraction of sp³-hybridized carbons (Fsp3) is 0.323. The molecule has 10 heteroatoms. The van der Waals surface area contributed by atoms with Gasteiger partial charge < -0.3 is 15.0 Å². The Kier molecular flexibility index (Phi) is 7.13. The van der Waals surface area contributed by atoms with E-state index in [1.807, 2.05) is 42.2 Å². The topological polar surface area (TPSA) is 117 Å². The van der Waals surface area contributed by atoms with Crippen molar-refractivity contribution >= 4 is 35.2 Å². The number of ether oxygens (including phenoxy) is 1. The second-order valence-electron chi connectivity index (χ2n) is 10.7. The van der Waals surface area contributed by atoms with Gasteiger partial charge in [0.1, 0.15) is 28.7 Å². The van der Waals surface area contributed by atoms with E-state index in [2.05, 4.69) is 20.6 Å². The van der Waals surface area contributed by atoms with Crippen LogP contribution in [0.3, 0.4) is 0 Å². The molecule has 10 nitrogen and oxygen atoms in total. The Balaban J connectivity index is 1.13. The van der Waals surface area contributed by atoms with Gasteiger partial charge >= 0.3 is 6.03 Å². The first kappa shape index (κ1) is 26.5. The second kappa shape index (κ2) is 11.0. The maximum atomic E-state index is 13.7. The zero-order valence-electron chi connectivity index (χ0n) is 22.9. The summed E-state index contributed by atoms with van der Waals surface area (Å²) < 4.78 is 5.90. The number of benzene rings is 1. The average molecular weight is 553 g/mol. The summed E-state index contributed by atoms with van der Waals surface area (Å²) in [7, 11) is 0. The highest BCUT2D eigenvalue weighted by Crippen LogP contribution is 2.49. The van der Waals surface area contributed by atoms with Crippen molar-refractivity contribution in [2.75, 3.05) is 28.6 Å². The summed E-state index contributed by atoms with van der Waals surface area (Å²) in [6, 6.07) is 16.0. The average Bonchev–Trinajstić information content (AvgIpc) is 3.73. The monoisotopic (exact) mass is 552 g/mol. The van der Waals surface area contributed by atoms with Crippen LogP contribution >= 0.6 is 0 Å². The van der Waals surface area contributed by atoms with Gasteiger partial charge in [-0.25, -0.2) is 14.8 Å². The molecule has 1 aliphatic carbocycles. The molecule has 6 rings (SSSR count). The first-order chi connectivity index (χ1) is 19.9. The SMILES string of the molecule is CC1=C(C(=O)Nc2ccc(Oc3ccnc(NC(=O)N4CCCC4)c3)cn2)C(=O)N(c2ccccc2)C12CCCC2. The Morgan fingerprint density at radius 3 is 2.34 bits per heavy atom. The number of hydrogen-bond donors (Lipinski definition) is 2. The van der Waals surface area contributed by atoms with Crippen LogP contribution in [-0.2, 0) is 9.59 Å². The van der Waals surface area contributed by atoms with Crippen LogP contribution < -0.4 is 20.3 Å². The lowest BCUT2D eigenvalue weighted by Crippen LogP contribution is -2.46. The van der Waals surface area contributed by atoms with Gasteiger partial charge in [0, 0.05) is 31.0 Å². The van der Waals surface area contributed by atoms with E-state index < -0.39 is 11.4 Å². The third-order valence-corrected chi connectivity index (χ3v) is 8.16. The zero-order chi connectivity index (χ0) is 28.4. The van der Waals surface area contributed by atoms with E-state index in [1.54, 1.807) is 35.4 Å². The molecule has 3 aromatic rings. The van der Waals surface area contributed by atoms with Crippen LogP contribution in [0, 0.1) is 0 Å². The molecule has 1 aromatic carbocycles. The van der Waals surface area contributed by atoms with E-state index in [1.165, 1.54) is 6.20 Å². The van der Waals surface area contributed by atoms with Crippen molar-refractivity contribution in [3.8, 4) is 11.5 Å². The van der Waals surface area contributed by atoms with Gasteiger partial charge in [0.05, 0.1) is 11.7 Å². The first-order valence-corrected chi connectivity index (χ1v) is 14.0. The summed E-state index contributed by atoms with van der Waals surface area (Å²) >= 11 is 0. The molecule has 1 spiro atoms. The van der Waals surface area contributed by atoms with Crippen molar-refractivity contribution in [1.82, 2.24) is 14.9 Å². The van der Waals surface area contributed by atoms with Crippen molar-refractivity contribution < 1.29 is 19.1 Å². The summed E-state index contributed by atoms with van der Waals surface area (Å²) in [4.78, 5) is 51.6. The number of carbonyl (C=O) groups excluding carboxylic acids is 3. The van der Waals surface area contributed by atoms with Gasteiger partial charge in [0.2, 0.25) is 0 Å². The summed E-state index contributed by atoms with van der Waals surface area (Å²) in [6.45, 7) is 3.39. The molecule has 2 aliphatic heterocycles. The second-order valence-corrected chi connectivity index (χ2v) is 10.7. The van der Waals surface area contributed by atoms with Crippen molar-refractivity contribution in [3.05, 3.63) is 78.1 Å². The van der Waals surface area contributed by atoms with Gasteiger partial charge in [-0.05, 0) is 68.5 Å². The minimum absolute atomic E-state index is 0.175. The van der Waals surface area contributed by atoms with Crippen LogP contribution in [0.4, 0.5) is 22.1 Å². The molecule has 1 saturated carbocycles. The maximum Gasteiger partial charge on any atom is 0.323 e. The number of nitrogens with zero attached hydrogens (tertiary/aromatic N) is 4. The summed E-state index contributed by atoms with van der Waals surface area (Å²) in [5.74, 6) is 0.881. The highest BCUT2D eigenvalue weighted by atomic mass is 16.5. The Bertz CT molecular complexity index is 1490. The Morgan fingerprint density at radius 2 is 1.63 bits per heavy atom. The van der Waals surface area contributed by atoms with E-state index >= 15 is 0 Å². The number of hydrogen-bond acceptors (Lipinski definition) is 6. The number of rotatable bonds is 6. The number of nitrogens with one attached hydrogen (secondary N) is 2. The molecule has 0 unspecified atom stereocenters. The highest BCUT2D eigenvalue weighted by molar-refractivity contribution is 6.30. The van der Waals surface area contributed by atoms with Gasteiger partial charge in [0.25, 0.3) is 11.8 Å². The molecule has 1 saturated heterocycles. The van der Waals surface area contributed by atoms with Crippen LogP contribution in [0.2, 0.25) is 0 Å². The van der Waals surface area contributed by atoms with Gasteiger partial charge in [-0.1, -0.05) is 31.0 Å². The molecule has 2 fully saturated rings. The predicted molar refractivity (Wildman–Crippen MR) is 155 cm³/mol. The Labute approximate surface area is 238 Å². The normalized spacial score (nSPS) is 17.8. The molecule has 210 valence electrons. The number of para-hydroxylation sites is 1. The standard InChI is InChI=1S/C31H32N6O4/c1-21-27(29(39)37(22-9-3-2-4-10-22)31(21)14-5-6-15-31)28(38)34-25-12-11-24(20-33-25)41-23-13-16-32-26(19-23)35-30(40)36-17-7-8-18-36/h2-4,9-13,16,19-20H,5-8,14-15,17-18H2,1H3,(H,32,35,40)(H,33,34,38). The van der Waals surface area contributed by atoms with Gasteiger partial charge in [0.15, 0.2) is 0 Å². The van der Waals surface area contributed by atoms with Crippen LogP contribution in [0.1, 0.15) is 45.4 Å². The van der Waals surface area contributed by atoms with Crippen molar-refractivity contribution in [2.45, 2.75) is 51.0 Å². The predicted octanol–water partition coefficient (Wildman–Crippen LogP) is 5.51. The molecular formula is C31H32N6O4. The lowest BCUT2D eigenvalue weighted by molar-refractivity contribution is -0.119. The lowest BCUT2D eigenvalue weighted by Gasteiger charge is -2.37. The molecule has 0 bridgehead atoms. The molecule has 0 atom stereocenters. The highest BCUT2D eigenvalue weighted by Gasteiger charge is 2.53. The maximum absolute atomic E-state index is 13.7. The zero-order valence-corrected chi connectivity index (χ0v) is 22.9. The molecule has 4 heterocycles. The van der Waals surface area contributed by atoms with E-state index in [-0.39, 0.29) is 17.5 Å². The van der Waals surface area contributed by atoms with Crippen LogP contribution in [0.5, 0.6) is 11.5 Å². The molecule has 0 radical (unpaired) electrons. The molecule has 3 aliphatic rings. The fourth-order valence-corrected chi connectivity index (χ4v) is 6.12. The van der Waals surface area contributed by atoms with Crippen molar-refractivity contribution in [3.63, 3.8) is 0 Å². The number of amides is 4. The van der Waals surface area contributed by atoms with Crippen LogP contribution in [0.15, 0.2) is 78.1 Å². The van der Waals surface area contributed by atoms with E-state index in [9.17, 15) is 14.4 Å². The van der Waals surface area contributed by atoms with E-state index in [4.69, 9.17) is 4.74 Å². The smallest absolute Gasteiger partial charge is 0.323 e. The molecule has 2 N–H and O–H groups in total. The molecule has 4 amide bonds. The number of urea groups is 1.